The van der Waals surface area contributed by atoms with Crippen molar-refractivity contribution in [3.8, 4) is 29.1 Å². The SMILES string of the molecule is C[C@@H]1CCN([C@@H](C)COc2ccc(C3Oc4ccc(O)cc4C(C#N)=C3c3cccc(O)c3)cc2)C1. The number of phenols is 2. The van der Waals surface area contributed by atoms with Gasteiger partial charge in [-0.15, -0.1) is 0 Å². The number of aromatic hydroxyl groups is 2. The monoisotopic (exact) mass is 482 g/mol. The lowest BCUT2D eigenvalue weighted by atomic mass is 9.86. The van der Waals surface area contributed by atoms with E-state index in [9.17, 15) is 15.5 Å². The summed E-state index contributed by atoms with van der Waals surface area (Å²) in [6.45, 7) is 7.35. The van der Waals surface area contributed by atoms with Crippen LogP contribution in [0.1, 0.15) is 43.1 Å². The minimum atomic E-state index is -0.572. The lowest BCUT2D eigenvalue weighted by molar-refractivity contribution is 0.169. The van der Waals surface area contributed by atoms with E-state index < -0.39 is 6.10 Å². The molecule has 3 atom stereocenters. The van der Waals surface area contributed by atoms with Crippen molar-refractivity contribution in [2.45, 2.75) is 32.4 Å². The molecule has 2 heterocycles. The molecule has 3 aromatic rings. The summed E-state index contributed by atoms with van der Waals surface area (Å²) < 4.78 is 12.5. The average Bonchev–Trinajstić information content (AvgIpc) is 3.33. The number of likely N-dealkylation sites (tertiary alicyclic amines) is 1. The van der Waals surface area contributed by atoms with Crippen LogP contribution in [0.25, 0.3) is 11.1 Å². The van der Waals surface area contributed by atoms with Crippen LogP contribution in [0.3, 0.4) is 0 Å². The maximum absolute atomic E-state index is 10.1. The molecular formula is C30H30N2O4. The molecule has 0 saturated carbocycles. The molecule has 2 aliphatic rings. The standard InChI is InChI=1S/C30H30N2O4/c1-19-12-13-32(17-19)20(2)18-35-25-9-6-21(7-10-25)30-29(22-4-3-5-23(33)14-22)27(16-31)26-15-24(34)8-11-28(26)36-30/h3-11,14-15,19-20,30,33-34H,12-13,17-18H2,1-2H3/t19-,20+,30?/m1/s1. The number of nitrogens with zero attached hydrogens (tertiary/aromatic N) is 2. The van der Waals surface area contributed by atoms with E-state index in [0.717, 1.165) is 30.3 Å². The highest BCUT2D eigenvalue weighted by Gasteiger charge is 2.32. The van der Waals surface area contributed by atoms with Gasteiger partial charge < -0.3 is 19.7 Å². The number of allylic oxidation sites excluding steroid dienone is 1. The first-order valence-electron chi connectivity index (χ1n) is 12.3. The van der Waals surface area contributed by atoms with Crippen molar-refractivity contribution in [2.75, 3.05) is 19.7 Å². The molecule has 184 valence electrons. The number of hydrogen-bond acceptors (Lipinski definition) is 6. The van der Waals surface area contributed by atoms with Gasteiger partial charge in [-0.05, 0) is 79.4 Å². The molecule has 2 N–H and O–H groups in total. The molecular weight excluding hydrogens is 452 g/mol. The largest absolute Gasteiger partial charge is 0.508 e. The molecule has 0 radical (unpaired) electrons. The molecule has 5 rings (SSSR count). The molecule has 0 aromatic heterocycles. The van der Waals surface area contributed by atoms with Gasteiger partial charge in [-0.25, -0.2) is 0 Å². The molecule has 0 spiro atoms. The van der Waals surface area contributed by atoms with E-state index in [2.05, 4.69) is 24.8 Å². The lowest BCUT2D eigenvalue weighted by Crippen LogP contribution is -2.35. The van der Waals surface area contributed by atoms with Gasteiger partial charge in [0.25, 0.3) is 0 Å². The van der Waals surface area contributed by atoms with E-state index in [1.165, 1.54) is 12.5 Å². The van der Waals surface area contributed by atoms with Crippen molar-refractivity contribution < 1.29 is 19.7 Å². The van der Waals surface area contributed by atoms with Crippen molar-refractivity contribution in [1.82, 2.24) is 4.90 Å². The third kappa shape index (κ3) is 4.75. The number of fused-ring (bicyclic) bond motifs is 1. The third-order valence-electron chi connectivity index (χ3n) is 7.03. The van der Waals surface area contributed by atoms with Crippen molar-refractivity contribution in [3.63, 3.8) is 0 Å². The number of benzene rings is 3. The van der Waals surface area contributed by atoms with Gasteiger partial charge in [0.15, 0.2) is 6.10 Å². The maximum atomic E-state index is 10.1. The summed E-state index contributed by atoms with van der Waals surface area (Å²) in [6, 6.07) is 21.9. The Morgan fingerprint density at radius 1 is 1.08 bits per heavy atom. The first-order valence-corrected chi connectivity index (χ1v) is 12.3. The second kappa shape index (κ2) is 9.96. The quantitative estimate of drug-likeness (QED) is 0.464. The summed E-state index contributed by atoms with van der Waals surface area (Å²) >= 11 is 0. The van der Waals surface area contributed by atoms with Crippen LogP contribution in [-0.4, -0.2) is 40.9 Å². The number of ether oxygens (including phenoxy) is 2. The average molecular weight is 483 g/mol. The summed E-state index contributed by atoms with van der Waals surface area (Å²) in [7, 11) is 0. The zero-order valence-corrected chi connectivity index (χ0v) is 20.5. The lowest BCUT2D eigenvalue weighted by Gasteiger charge is -2.30. The predicted molar refractivity (Wildman–Crippen MR) is 139 cm³/mol. The van der Waals surface area contributed by atoms with Gasteiger partial charge >= 0.3 is 0 Å². The van der Waals surface area contributed by atoms with Gasteiger partial charge in [-0.2, -0.15) is 5.26 Å². The minimum Gasteiger partial charge on any atom is -0.508 e. The van der Waals surface area contributed by atoms with Crippen LogP contribution in [0, 0.1) is 17.2 Å². The van der Waals surface area contributed by atoms with Crippen LogP contribution < -0.4 is 9.47 Å². The molecule has 1 fully saturated rings. The zero-order valence-electron chi connectivity index (χ0n) is 20.5. The van der Waals surface area contributed by atoms with Crippen LogP contribution in [-0.2, 0) is 0 Å². The normalized spacial score (nSPS) is 20.4. The number of phenolic OH excluding ortho intramolecular Hbond substituents is 2. The topological polar surface area (TPSA) is 86.0 Å². The summed E-state index contributed by atoms with van der Waals surface area (Å²) in [5.41, 5.74) is 3.10. The van der Waals surface area contributed by atoms with Gasteiger partial charge in [-0.1, -0.05) is 31.2 Å². The van der Waals surface area contributed by atoms with Crippen LogP contribution in [0.4, 0.5) is 0 Å². The second-order valence-corrected chi connectivity index (χ2v) is 9.75. The Bertz CT molecular complexity index is 1330. The smallest absolute Gasteiger partial charge is 0.151 e. The molecule has 6 nitrogen and oxygen atoms in total. The van der Waals surface area contributed by atoms with Gasteiger partial charge in [0.1, 0.15) is 35.7 Å². The van der Waals surface area contributed by atoms with Crippen molar-refractivity contribution >= 4 is 11.1 Å². The highest BCUT2D eigenvalue weighted by Crippen LogP contribution is 2.47. The van der Waals surface area contributed by atoms with Gasteiger partial charge in [0.2, 0.25) is 0 Å². The Hall–Kier alpha value is -3.95. The highest BCUT2D eigenvalue weighted by atomic mass is 16.5. The fraction of sp³-hybridized carbons (Fsp3) is 0.300. The fourth-order valence-corrected chi connectivity index (χ4v) is 5.03. The van der Waals surface area contributed by atoms with E-state index in [-0.39, 0.29) is 11.5 Å². The number of nitriles is 1. The Labute approximate surface area is 211 Å². The third-order valence-corrected chi connectivity index (χ3v) is 7.03. The Kier molecular flexibility index (Phi) is 6.58. The predicted octanol–water partition coefficient (Wildman–Crippen LogP) is 5.77. The Morgan fingerprint density at radius 3 is 2.56 bits per heavy atom. The molecule has 0 aliphatic carbocycles. The van der Waals surface area contributed by atoms with Crippen LogP contribution >= 0.6 is 0 Å². The van der Waals surface area contributed by atoms with Crippen LogP contribution in [0.5, 0.6) is 23.0 Å². The first kappa shape index (κ1) is 23.8. The molecule has 2 aliphatic heterocycles. The molecule has 3 aromatic carbocycles. The highest BCUT2D eigenvalue weighted by molar-refractivity contribution is 6.02. The maximum Gasteiger partial charge on any atom is 0.151 e. The van der Waals surface area contributed by atoms with E-state index >= 15 is 0 Å². The summed E-state index contributed by atoms with van der Waals surface area (Å²) in [6.07, 6.45) is 0.667. The summed E-state index contributed by atoms with van der Waals surface area (Å²) in [4.78, 5) is 2.47. The van der Waals surface area contributed by atoms with Crippen molar-refractivity contribution in [1.29, 1.82) is 5.26 Å². The van der Waals surface area contributed by atoms with Crippen molar-refractivity contribution in [2.24, 2.45) is 5.92 Å². The van der Waals surface area contributed by atoms with E-state index in [1.807, 2.05) is 30.3 Å². The van der Waals surface area contributed by atoms with E-state index in [4.69, 9.17) is 9.47 Å². The molecule has 0 amide bonds. The van der Waals surface area contributed by atoms with Gasteiger partial charge in [0, 0.05) is 23.7 Å². The summed E-state index contributed by atoms with van der Waals surface area (Å²) in [5.74, 6) is 2.19. The number of hydrogen-bond donors (Lipinski definition) is 2. The molecule has 1 unspecified atom stereocenters. The van der Waals surface area contributed by atoms with Gasteiger partial charge in [0.05, 0.1) is 5.57 Å². The minimum absolute atomic E-state index is 0.0536. The van der Waals surface area contributed by atoms with E-state index in [1.54, 1.807) is 30.3 Å². The van der Waals surface area contributed by atoms with E-state index in [0.29, 0.717) is 40.7 Å². The van der Waals surface area contributed by atoms with Crippen molar-refractivity contribution in [3.05, 3.63) is 83.4 Å². The summed E-state index contributed by atoms with van der Waals surface area (Å²) in [5, 5.41) is 30.3. The molecule has 1 saturated heterocycles. The Balaban J connectivity index is 1.44. The van der Waals surface area contributed by atoms with Crippen LogP contribution in [0.15, 0.2) is 66.7 Å². The van der Waals surface area contributed by atoms with Gasteiger partial charge in [-0.3, -0.25) is 4.90 Å². The molecule has 0 bridgehead atoms. The van der Waals surface area contributed by atoms with Crippen LogP contribution in [0.2, 0.25) is 0 Å². The molecule has 6 heteroatoms. The Morgan fingerprint density at radius 2 is 1.86 bits per heavy atom. The first-order chi connectivity index (χ1) is 17.4. The molecule has 36 heavy (non-hydrogen) atoms. The second-order valence-electron chi connectivity index (χ2n) is 9.75. The number of rotatable bonds is 6. The zero-order chi connectivity index (χ0) is 25.2. The fourth-order valence-electron chi connectivity index (χ4n) is 5.03.